The topological polar surface area (TPSA) is 64.0 Å². The Morgan fingerprint density at radius 3 is 2.48 bits per heavy atom. The zero-order valence-electron chi connectivity index (χ0n) is 14.7. The van der Waals surface area contributed by atoms with Gasteiger partial charge in [-0.3, -0.25) is 15.0 Å². The molecule has 0 saturated heterocycles. The highest BCUT2D eigenvalue weighted by Crippen LogP contribution is 2.19. The number of rotatable bonds is 4. The molecule has 2 aromatic carbocycles. The Hall–Kier alpha value is -3.25. The molecule has 27 heavy (non-hydrogen) atoms. The van der Waals surface area contributed by atoms with Crippen molar-refractivity contribution >= 4 is 27.5 Å². The molecule has 0 saturated carbocycles. The number of carbonyl (C=O) groups is 1. The van der Waals surface area contributed by atoms with E-state index in [4.69, 9.17) is 0 Å². The van der Waals surface area contributed by atoms with E-state index in [1.54, 1.807) is 13.0 Å². The van der Waals surface area contributed by atoms with Crippen LogP contribution in [0.1, 0.15) is 11.4 Å². The third kappa shape index (κ3) is 3.52. The van der Waals surface area contributed by atoms with Gasteiger partial charge in [0.25, 0.3) is 5.56 Å². The number of hydrogen-bond acceptors (Lipinski definition) is 4. The Kier molecular flexibility index (Phi) is 4.56. The molecule has 0 fully saturated rings. The number of aromatic nitrogens is 2. The fourth-order valence-corrected chi connectivity index (χ4v) is 3.74. The highest BCUT2D eigenvalue weighted by atomic mass is 32.1. The van der Waals surface area contributed by atoms with E-state index in [0.29, 0.717) is 16.0 Å². The zero-order valence-corrected chi connectivity index (χ0v) is 15.5. The molecular weight excluding hydrogens is 358 g/mol. The fourth-order valence-electron chi connectivity index (χ4n) is 2.94. The SMILES string of the molecule is Cc1nc2sccc2c(=O)n1NC(=O)Cc1ccc(-c2ccccc2)cc1. The standard InChI is InChI=1S/C21H17N3O2S/c1-14-22-20-18(11-12-27-20)21(26)24(14)23-19(25)13-15-7-9-17(10-8-15)16-5-3-2-4-6-16/h2-12H,13H2,1H3,(H,23,25). The minimum absolute atomic E-state index is 0.183. The predicted octanol–water partition coefficient (Wildman–Crippen LogP) is 3.75. The number of benzene rings is 2. The molecule has 5 nitrogen and oxygen atoms in total. The number of hydrogen-bond donors (Lipinski definition) is 1. The molecule has 1 amide bonds. The summed E-state index contributed by atoms with van der Waals surface area (Å²) in [6.07, 6.45) is 0.183. The van der Waals surface area contributed by atoms with E-state index in [-0.39, 0.29) is 17.9 Å². The van der Waals surface area contributed by atoms with Gasteiger partial charge >= 0.3 is 0 Å². The molecule has 0 radical (unpaired) electrons. The molecule has 0 unspecified atom stereocenters. The molecule has 134 valence electrons. The number of carbonyl (C=O) groups excluding carboxylic acids is 1. The Balaban J connectivity index is 1.51. The number of amides is 1. The molecule has 1 N–H and O–H groups in total. The number of thiophene rings is 1. The quantitative estimate of drug-likeness (QED) is 0.591. The first-order chi connectivity index (χ1) is 13.1. The van der Waals surface area contributed by atoms with Crippen molar-refractivity contribution in [2.24, 2.45) is 0 Å². The van der Waals surface area contributed by atoms with Gasteiger partial charge in [0.1, 0.15) is 10.7 Å². The second-order valence-corrected chi connectivity index (χ2v) is 7.11. The maximum Gasteiger partial charge on any atom is 0.281 e. The predicted molar refractivity (Wildman–Crippen MR) is 109 cm³/mol. The van der Waals surface area contributed by atoms with Gasteiger partial charge in [0, 0.05) is 0 Å². The van der Waals surface area contributed by atoms with Crippen LogP contribution in [0.5, 0.6) is 0 Å². The normalized spacial score (nSPS) is 10.9. The molecule has 4 aromatic rings. The minimum atomic E-state index is -0.260. The number of nitrogens with zero attached hydrogens (tertiary/aromatic N) is 2. The molecule has 0 spiro atoms. The van der Waals surface area contributed by atoms with Crippen molar-refractivity contribution in [3.8, 4) is 11.1 Å². The summed E-state index contributed by atoms with van der Waals surface area (Å²) in [6.45, 7) is 1.70. The van der Waals surface area contributed by atoms with Gasteiger partial charge in [0.15, 0.2) is 0 Å². The van der Waals surface area contributed by atoms with E-state index >= 15 is 0 Å². The van der Waals surface area contributed by atoms with Crippen molar-refractivity contribution in [1.82, 2.24) is 9.66 Å². The number of aryl methyl sites for hydroxylation is 1. The average Bonchev–Trinajstić information content (AvgIpc) is 3.15. The number of fused-ring (bicyclic) bond motifs is 1. The maximum atomic E-state index is 12.5. The lowest BCUT2D eigenvalue weighted by atomic mass is 10.0. The summed E-state index contributed by atoms with van der Waals surface area (Å²) in [5.74, 6) is 0.201. The van der Waals surface area contributed by atoms with Crippen LogP contribution < -0.4 is 11.0 Å². The largest absolute Gasteiger partial charge is 0.281 e. The first kappa shape index (κ1) is 17.2. The van der Waals surface area contributed by atoms with Gasteiger partial charge < -0.3 is 0 Å². The highest BCUT2D eigenvalue weighted by molar-refractivity contribution is 7.16. The van der Waals surface area contributed by atoms with Crippen LogP contribution in [-0.2, 0) is 11.2 Å². The second kappa shape index (κ2) is 7.17. The van der Waals surface area contributed by atoms with Crippen LogP contribution in [0.2, 0.25) is 0 Å². The van der Waals surface area contributed by atoms with Crippen LogP contribution in [0, 0.1) is 6.92 Å². The van der Waals surface area contributed by atoms with Crippen LogP contribution in [0.25, 0.3) is 21.3 Å². The third-order valence-corrected chi connectivity index (χ3v) is 5.13. The Morgan fingerprint density at radius 2 is 1.74 bits per heavy atom. The lowest BCUT2D eigenvalue weighted by Gasteiger charge is -2.11. The molecule has 6 heteroatoms. The summed E-state index contributed by atoms with van der Waals surface area (Å²) in [6, 6.07) is 19.6. The first-order valence-corrected chi connectivity index (χ1v) is 9.41. The monoisotopic (exact) mass is 375 g/mol. The maximum absolute atomic E-state index is 12.5. The lowest BCUT2D eigenvalue weighted by Crippen LogP contribution is -2.36. The summed E-state index contributed by atoms with van der Waals surface area (Å²) < 4.78 is 1.22. The van der Waals surface area contributed by atoms with Crippen molar-refractivity contribution < 1.29 is 4.79 Å². The minimum Gasteiger partial charge on any atom is -0.273 e. The van der Waals surface area contributed by atoms with E-state index in [9.17, 15) is 9.59 Å². The molecule has 2 aromatic heterocycles. The van der Waals surface area contributed by atoms with Crippen molar-refractivity contribution in [1.29, 1.82) is 0 Å². The van der Waals surface area contributed by atoms with Gasteiger partial charge in [0.05, 0.1) is 11.8 Å². The van der Waals surface area contributed by atoms with E-state index in [1.807, 2.05) is 60.0 Å². The van der Waals surface area contributed by atoms with Crippen molar-refractivity contribution in [2.45, 2.75) is 13.3 Å². The van der Waals surface area contributed by atoms with Crippen molar-refractivity contribution in [2.75, 3.05) is 5.43 Å². The van der Waals surface area contributed by atoms with Gasteiger partial charge in [-0.1, -0.05) is 54.6 Å². The Labute approximate surface area is 159 Å². The molecule has 2 heterocycles. The Morgan fingerprint density at radius 1 is 1.04 bits per heavy atom. The summed E-state index contributed by atoms with van der Waals surface area (Å²) >= 11 is 1.41. The number of nitrogens with one attached hydrogen (secondary N) is 1. The van der Waals surface area contributed by atoms with E-state index in [2.05, 4.69) is 10.4 Å². The van der Waals surface area contributed by atoms with Gasteiger partial charge in [0.2, 0.25) is 5.91 Å². The summed E-state index contributed by atoms with van der Waals surface area (Å²) in [5.41, 5.74) is 5.51. The third-order valence-electron chi connectivity index (χ3n) is 4.33. The van der Waals surface area contributed by atoms with Gasteiger partial charge in [-0.15, -0.1) is 11.3 Å². The van der Waals surface area contributed by atoms with Crippen LogP contribution in [-0.4, -0.2) is 15.6 Å². The van der Waals surface area contributed by atoms with Gasteiger partial charge in [-0.25, -0.2) is 9.66 Å². The molecule has 0 bridgehead atoms. The van der Waals surface area contributed by atoms with Crippen LogP contribution in [0.4, 0.5) is 0 Å². The van der Waals surface area contributed by atoms with Crippen LogP contribution in [0.15, 0.2) is 70.8 Å². The summed E-state index contributed by atoms with van der Waals surface area (Å²) in [4.78, 5) is 30.0. The first-order valence-electron chi connectivity index (χ1n) is 8.53. The van der Waals surface area contributed by atoms with Crippen LogP contribution >= 0.6 is 11.3 Å². The summed E-state index contributed by atoms with van der Waals surface area (Å²) in [7, 11) is 0. The van der Waals surface area contributed by atoms with E-state index in [1.165, 1.54) is 16.0 Å². The second-order valence-electron chi connectivity index (χ2n) is 6.21. The Bertz CT molecular complexity index is 1160. The molecule has 0 aliphatic rings. The van der Waals surface area contributed by atoms with E-state index in [0.717, 1.165) is 16.7 Å². The molecule has 4 rings (SSSR count). The average molecular weight is 375 g/mol. The molecule has 0 aliphatic heterocycles. The van der Waals surface area contributed by atoms with Crippen LogP contribution in [0.3, 0.4) is 0 Å². The molecular formula is C21H17N3O2S. The molecule has 0 atom stereocenters. The smallest absolute Gasteiger partial charge is 0.273 e. The van der Waals surface area contributed by atoms with E-state index < -0.39 is 0 Å². The summed E-state index contributed by atoms with van der Waals surface area (Å²) in [5, 5.41) is 2.33. The van der Waals surface area contributed by atoms with Gasteiger partial charge in [-0.2, -0.15) is 0 Å². The van der Waals surface area contributed by atoms with Gasteiger partial charge in [-0.05, 0) is 35.1 Å². The molecule has 0 aliphatic carbocycles. The highest BCUT2D eigenvalue weighted by Gasteiger charge is 2.12. The fraction of sp³-hybridized carbons (Fsp3) is 0.0952. The lowest BCUT2D eigenvalue weighted by molar-refractivity contribution is -0.116. The van der Waals surface area contributed by atoms with Crippen molar-refractivity contribution in [3.63, 3.8) is 0 Å². The van der Waals surface area contributed by atoms with Crippen molar-refractivity contribution in [3.05, 3.63) is 87.8 Å². The zero-order chi connectivity index (χ0) is 18.8.